The van der Waals surface area contributed by atoms with E-state index in [0.717, 1.165) is 47.9 Å². The van der Waals surface area contributed by atoms with Crippen molar-refractivity contribution in [1.29, 1.82) is 0 Å². The second-order valence-corrected chi connectivity index (χ2v) is 8.53. The Hall–Kier alpha value is -2.92. The first-order chi connectivity index (χ1) is 15.1. The molecule has 1 unspecified atom stereocenters. The fourth-order valence-electron chi connectivity index (χ4n) is 3.90. The van der Waals surface area contributed by atoms with Crippen LogP contribution in [0.25, 0.3) is 11.3 Å². The number of nitrogens with zero attached hydrogens (tertiary/aromatic N) is 3. The van der Waals surface area contributed by atoms with E-state index in [2.05, 4.69) is 51.6 Å². The molecule has 0 radical (unpaired) electrons. The maximum absolute atomic E-state index is 12.7. The van der Waals surface area contributed by atoms with E-state index in [0.29, 0.717) is 13.1 Å². The van der Waals surface area contributed by atoms with Crippen LogP contribution in [0.15, 0.2) is 60.7 Å². The van der Waals surface area contributed by atoms with Crippen molar-refractivity contribution < 1.29 is 4.79 Å². The highest BCUT2D eigenvalue weighted by Gasteiger charge is 2.26. The van der Waals surface area contributed by atoms with E-state index < -0.39 is 0 Å². The molecule has 3 aromatic rings. The summed E-state index contributed by atoms with van der Waals surface area (Å²) in [6.45, 7) is 4.26. The van der Waals surface area contributed by atoms with Gasteiger partial charge in [0.25, 0.3) is 0 Å². The van der Waals surface area contributed by atoms with Crippen LogP contribution in [0.1, 0.15) is 24.0 Å². The Morgan fingerprint density at radius 2 is 1.84 bits per heavy atom. The summed E-state index contributed by atoms with van der Waals surface area (Å²) in [5, 5.41) is 12.7. The van der Waals surface area contributed by atoms with Crippen LogP contribution in [-0.4, -0.2) is 35.7 Å². The Morgan fingerprint density at radius 3 is 2.55 bits per heavy atom. The first-order valence-corrected chi connectivity index (χ1v) is 11.1. The Morgan fingerprint density at radius 1 is 1.06 bits per heavy atom. The van der Waals surface area contributed by atoms with Gasteiger partial charge in [-0.25, -0.2) is 0 Å². The minimum absolute atomic E-state index is 0.0301. The molecule has 160 valence electrons. The molecular formula is C25H27ClN4O. The Balaban J connectivity index is 1.31. The first kappa shape index (κ1) is 21.3. The summed E-state index contributed by atoms with van der Waals surface area (Å²) in [4.78, 5) is 14.9. The molecule has 1 saturated heterocycles. The Bertz CT molecular complexity index is 1000. The van der Waals surface area contributed by atoms with E-state index in [9.17, 15) is 4.79 Å². The maximum atomic E-state index is 12.7. The standard InChI is InChI=1S/C25H27ClN4O/c1-18-4-8-20(9-5-18)23-12-13-24(29-28-23)30-16-2-3-21(17-30)25(31)27-15-14-19-6-10-22(26)11-7-19/h4-13,21H,2-3,14-17H2,1H3,(H,27,31). The SMILES string of the molecule is Cc1ccc(-c2ccc(N3CCCC(C(=O)NCCc4ccc(Cl)cc4)C3)nn2)cc1. The molecule has 1 aliphatic rings. The number of halogens is 1. The molecule has 1 fully saturated rings. The molecular weight excluding hydrogens is 408 g/mol. The Labute approximate surface area is 188 Å². The van der Waals surface area contributed by atoms with Crippen LogP contribution < -0.4 is 10.2 Å². The van der Waals surface area contributed by atoms with Crippen LogP contribution in [-0.2, 0) is 11.2 Å². The summed E-state index contributed by atoms with van der Waals surface area (Å²) in [6, 6.07) is 20.0. The normalized spacial score (nSPS) is 16.2. The summed E-state index contributed by atoms with van der Waals surface area (Å²) in [6.07, 6.45) is 2.67. The van der Waals surface area contributed by atoms with Crippen LogP contribution in [0, 0.1) is 12.8 Å². The number of hydrogen-bond acceptors (Lipinski definition) is 4. The number of nitrogens with one attached hydrogen (secondary N) is 1. The number of rotatable bonds is 6. The van der Waals surface area contributed by atoms with Crippen molar-refractivity contribution in [2.75, 3.05) is 24.5 Å². The number of carbonyl (C=O) groups is 1. The molecule has 1 atom stereocenters. The average Bonchev–Trinajstić information content (AvgIpc) is 2.81. The average molecular weight is 435 g/mol. The van der Waals surface area contributed by atoms with Crippen LogP contribution in [0.3, 0.4) is 0 Å². The maximum Gasteiger partial charge on any atom is 0.224 e. The molecule has 1 amide bonds. The zero-order chi connectivity index (χ0) is 21.6. The van der Waals surface area contributed by atoms with Gasteiger partial charge in [0.05, 0.1) is 11.6 Å². The fourth-order valence-corrected chi connectivity index (χ4v) is 4.02. The third-order valence-corrected chi connectivity index (χ3v) is 5.99. The van der Waals surface area contributed by atoms with Gasteiger partial charge in [0.2, 0.25) is 5.91 Å². The number of amides is 1. The second kappa shape index (κ2) is 9.92. The van der Waals surface area contributed by atoms with Gasteiger partial charge in [-0.1, -0.05) is 53.6 Å². The summed E-state index contributed by atoms with van der Waals surface area (Å²) < 4.78 is 0. The van der Waals surface area contributed by atoms with Gasteiger partial charge in [-0.3, -0.25) is 4.79 Å². The van der Waals surface area contributed by atoms with Crippen molar-refractivity contribution in [2.24, 2.45) is 5.92 Å². The van der Waals surface area contributed by atoms with Gasteiger partial charge in [-0.05, 0) is 56.0 Å². The van der Waals surface area contributed by atoms with Gasteiger partial charge in [-0.2, -0.15) is 0 Å². The van der Waals surface area contributed by atoms with Gasteiger partial charge < -0.3 is 10.2 Å². The zero-order valence-corrected chi connectivity index (χ0v) is 18.5. The predicted octanol–water partition coefficient (Wildman–Crippen LogP) is 4.68. The summed E-state index contributed by atoms with van der Waals surface area (Å²) in [5.74, 6) is 0.912. The molecule has 0 saturated carbocycles. The number of hydrogen-bond donors (Lipinski definition) is 1. The second-order valence-electron chi connectivity index (χ2n) is 8.10. The zero-order valence-electron chi connectivity index (χ0n) is 17.7. The molecule has 5 nitrogen and oxygen atoms in total. The molecule has 0 bridgehead atoms. The van der Waals surface area contributed by atoms with Gasteiger partial charge >= 0.3 is 0 Å². The quantitative estimate of drug-likeness (QED) is 0.612. The van der Waals surface area contributed by atoms with Crippen molar-refractivity contribution in [3.8, 4) is 11.3 Å². The fraction of sp³-hybridized carbons (Fsp3) is 0.320. The van der Waals surface area contributed by atoms with Crippen molar-refractivity contribution in [3.63, 3.8) is 0 Å². The molecule has 2 heterocycles. The van der Waals surface area contributed by atoms with E-state index in [-0.39, 0.29) is 11.8 Å². The lowest BCUT2D eigenvalue weighted by Gasteiger charge is -2.32. The minimum atomic E-state index is -0.0301. The first-order valence-electron chi connectivity index (χ1n) is 10.8. The smallest absolute Gasteiger partial charge is 0.224 e. The molecule has 1 aliphatic heterocycles. The minimum Gasteiger partial charge on any atom is -0.355 e. The number of aryl methyl sites for hydroxylation is 1. The van der Waals surface area contributed by atoms with Crippen LogP contribution in [0.2, 0.25) is 5.02 Å². The van der Waals surface area contributed by atoms with Gasteiger partial charge in [0, 0.05) is 30.2 Å². The van der Waals surface area contributed by atoms with Crippen LogP contribution in [0.5, 0.6) is 0 Å². The lowest BCUT2D eigenvalue weighted by molar-refractivity contribution is -0.125. The van der Waals surface area contributed by atoms with E-state index in [1.807, 2.05) is 36.4 Å². The largest absolute Gasteiger partial charge is 0.355 e. The third-order valence-electron chi connectivity index (χ3n) is 5.74. The molecule has 1 N–H and O–H groups in total. The number of anilines is 1. The monoisotopic (exact) mass is 434 g/mol. The van der Waals surface area contributed by atoms with Crippen molar-refractivity contribution in [3.05, 3.63) is 76.8 Å². The molecule has 0 aliphatic carbocycles. The lowest BCUT2D eigenvalue weighted by Crippen LogP contribution is -2.43. The van der Waals surface area contributed by atoms with Gasteiger partial charge in [0.1, 0.15) is 0 Å². The number of benzene rings is 2. The van der Waals surface area contributed by atoms with Gasteiger partial charge in [-0.15, -0.1) is 10.2 Å². The van der Waals surface area contributed by atoms with E-state index in [1.165, 1.54) is 11.1 Å². The number of carbonyl (C=O) groups excluding carboxylic acids is 1. The molecule has 0 spiro atoms. The highest BCUT2D eigenvalue weighted by Crippen LogP contribution is 2.23. The predicted molar refractivity (Wildman–Crippen MR) is 125 cm³/mol. The number of aromatic nitrogens is 2. The lowest BCUT2D eigenvalue weighted by atomic mass is 9.97. The van der Waals surface area contributed by atoms with Crippen LogP contribution >= 0.6 is 11.6 Å². The molecule has 2 aromatic carbocycles. The Kier molecular flexibility index (Phi) is 6.82. The van der Waals surface area contributed by atoms with Crippen LogP contribution in [0.4, 0.5) is 5.82 Å². The molecule has 1 aromatic heterocycles. The van der Waals surface area contributed by atoms with E-state index in [1.54, 1.807) is 0 Å². The van der Waals surface area contributed by atoms with Crippen molar-refractivity contribution >= 4 is 23.3 Å². The third kappa shape index (κ3) is 5.61. The summed E-state index contributed by atoms with van der Waals surface area (Å²) >= 11 is 5.92. The van der Waals surface area contributed by atoms with E-state index in [4.69, 9.17) is 11.6 Å². The highest BCUT2D eigenvalue weighted by molar-refractivity contribution is 6.30. The molecule has 6 heteroatoms. The highest BCUT2D eigenvalue weighted by atomic mass is 35.5. The van der Waals surface area contributed by atoms with Gasteiger partial charge in [0.15, 0.2) is 5.82 Å². The topological polar surface area (TPSA) is 58.1 Å². The number of piperidine rings is 1. The van der Waals surface area contributed by atoms with Crippen molar-refractivity contribution in [1.82, 2.24) is 15.5 Å². The summed E-state index contributed by atoms with van der Waals surface area (Å²) in [7, 11) is 0. The molecule has 31 heavy (non-hydrogen) atoms. The van der Waals surface area contributed by atoms with Crippen molar-refractivity contribution in [2.45, 2.75) is 26.2 Å². The summed E-state index contributed by atoms with van der Waals surface area (Å²) in [5.41, 5.74) is 4.30. The van der Waals surface area contributed by atoms with E-state index >= 15 is 0 Å². The molecule has 4 rings (SSSR count).